The number of amides is 1. The molecule has 1 atom stereocenters. The zero-order valence-corrected chi connectivity index (χ0v) is 12.5. The van der Waals surface area contributed by atoms with Gasteiger partial charge in [-0.1, -0.05) is 6.07 Å². The van der Waals surface area contributed by atoms with Gasteiger partial charge in [0.2, 0.25) is 11.8 Å². The minimum atomic E-state index is 0.00253. The fraction of sp³-hybridized carbons (Fsp3) is 0.400. The van der Waals surface area contributed by atoms with Gasteiger partial charge in [0.15, 0.2) is 0 Å². The van der Waals surface area contributed by atoms with Gasteiger partial charge in [-0.25, -0.2) is 4.98 Å². The van der Waals surface area contributed by atoms with Crippen LogP contribution in [0.15, 0.2) is 36.1 Å². The highest BCUT2D eigenvalue weighted by molar-refractivity contribution is 7.10. The molecule has 1 fully saturated rings. The molecular formula is C15H17N3O2S. The fourth-order valence-electron chi connectivity index (χ4n) is 2.45. The maximum Gasteiger partial charge on any atom is 0.232 e. The third-order valence-corrected chi connectivity index (χ3v) is 4.34. The third kappa shape index (κ3) is 3.78. The Balaban J connectivity index is 1.56. The number of nitrogens with zero attached hydrogens (tertiary/aromatic N) is 3. The summed E-state index contributed by atoms with van der Waals surface area (Å²) in [7, 11) is 0. The molecule has 1 amide bonds. The molecule has 0 radical (unpaired) electrons. The Bertz CT molecular complexity index is 574. The third-order valence-electron chi connectivity index (χ3n) is 3.46. The quantitative estimate of drug-likeness (QED) is 0.868. The van der Waals surface area contributed by atoms with E-state index in [0.717, 1.165) is 24.3 Å². The monoisotopic (exact) mass is 303 g/mol. The van der Waals surface area contributed by atoms with Crippen molar-refractivity contribution < 1.29 is 9.53 Å². The Morgan fingerprint density at radius 3 is 3.19 bits per heavy atom. The number of carbonyl (C=O) groups excluding carboxylic acids is 1. The fourth-order valence-corrected chi connectivity index (χ4v) is 3.15. The van der Waals surface area contributed by atoms with Crippen molar-refractivity contribution in [2.75, 3.05) is 13.1 Å². The Labute approximate surface area is 127 Å². The number of carbonyl (C=O) groups is 1. The minimum Gasteiger partial charge on any atom is -0.471 e. The molecule has 0 aliphatic carbocycles. The van der Waals surface area contributed by atoms with Crippen LogP contribution in [0.25, 0.3) is 0 Å². The van der Waals surface area contributed by atoms with Gasteiger partial charge in [0, 0.05) is 23.8 Å². The summed E-state index contributed by atoms with van der Waals surface area (Å²) in [4.78, 5) is 23.4. The smallest absolute Gasteiger partial charge is 0.232 e. The van der Waals surface area contributed by atoms with E-state index in [1.807, 2.05) is 22.4 Å². The van der Waals surface area contributed by atoms with Crippen molar-refractivity contribution in [3.8, 4) is 5.88 Å². The molecule has 1 aliphatic heterocycles. The van der Waals surface area contributed by atoms with E-state index < -0.39 is 0 Å². The van der Waals surface area contributed by atoms with Crippen molar-refractivity contribution in [3.63, 3.8) is 0 Å². The molecule has 0 saturated carbocycles. The number of likely N-dealkylation sites (tertiary alicyclic amines) is 1. The summed E-state index contributed by atoms with van der Waals surface area (Å²) >= 11 is 1.62. The molecule has 1 unspecified atom stereocenters. The predicted molar refractivity (Wildman–Crippen MR) is 80.3 cm³/mol. The number of aromatic nitrogens is 2. The Kier molecular flexibility index (Phi) is 4.45. The molecule has 110 valence electrons. The number of hydrogen-bond acceptors (Lipinski definition) is 5. The number of rotatable bonds is 4. The highest BCUT2D eigenvalue weighted by Gasteiger charge is 2.25. The van der Waals surface area contributed by atoms with Gasteiger partial charge in [0.1, 0.15) is 6.10 Å². The number of ether oxygens (including phenoxy) is 1. The molecule has 1 aliphatic rings. The molecule has 0 bridgehead atoms. The van der Waals surface area contributed by atoms with Gasteiger partial charge in [0.25, 0.3) is 0 Å². The molecule has 21 heavy (non-hydrogen) atoms. The van der Waals surface area contributed by atoms with E-state index in [4.69, 9.17) is 4.74 Å². The average Bonchev–Trinajstić information content (AvgIpc) is 3.01. The molecule has 2 aromatic heterocycles. The Hall–Kier alpha value is -1.95. The van der Waals surface area contributed by atoms with Crippen LogP contribution in [-0.2, 0) is 11.2 Å². The van der Waals surface area contributed by atoms with Gasteiger partial charge in [-0.3, -0.25) is 9.78 Å². The van der Waals surface area contributed by atoms with E-state index in [1.54, 1.807) is 29.9 Å². The largest absolute Gasteiger partial charge is 0.471 e. The molecule has 3 heterocycles. The van der Waals surface area contributed by atoms with Gasteiger partial charge < -0.3 is 9.64 Å². The molecule has 5 nitrogen and oxygen atoms in total. The van der Waals surface area contributed by atoms with Crippen LogP contribution in [0, 0.1) is 0 Å². The zero-order valence-electron chi connectivity index (χ0n) is 11.6. The normalized spacial score (nSPS) is 18.5. The van der Waals surface area contributed by atoms with Gasteiger partial charge in [-0.05, 0) is 24.3 Å². The highest BCUT2D eigenvalue weighted by Crippen LogP contribution is 2.18. The van der Waals surface area contributed by atoms with Crippen molar-refractivity contribution in [2.24, 2.45) is 0 Å². The first kappa shape index (κ1) is 14.0. The Morgan fingerprint density at radius 2 is 2.43 bits per heavy atom. The topological polar surface area (TPSA) is 55.3 Å². The lowest BCUT2D eigenvalue weighted by Gasteiger charge is -2.32. The van der Waals surface area contributed by atoms with Crippen molar-refractivity contribution in [1.29, 1.82) is 0 Å². The molecular weight excluding hydrogens is 286 g/mol. The summed E-state index contributed by atoms with van der Waals surface area (Å²) in [6, 6.07) is 3.98. The summed E-state index contributed by atoms with van der Waals surface area (Å²) < 4.78 is 5.81. The highest BCUT2D eigenvalue weighted by atomic mass is 32.1. The Morgan fingerprint density at radius 1 is 1.48 bits per heavy atom. The standard InChI is InChI=1S/C15H17N3O2S/c19-15(9-13-4-2-8-21-13)18-7-1-3-12(11-18)20-14-10-16-5-6-17-14/h2,4-6,8,10,12H,1,3,7,9,11H2. The van der Waals surface area contributed by atoms with Gasteiger partial charge in [-0.2, -0.15) is 0 Å². The second-order valence-corrected chi connectivity index (χ2v) is 6.05. The molecule has 2 aromatic rings. The predicted octanol–water partition coefficient (Wildman–Crippen LogP) is 2.15. The summed E-state index contributed by atoms with van der Waals surface area (Å²) in [6.07, 6.45) is 7.22. The molecule has 6 heteroatoms. The van der Waals surface area contributed by atoms with Crippen molar-refractivity contribution >= 4 is 17.2 Å². The first-order valence-electron chi connectivity index (χ1n) is 7.04. The molecule has 3 rings (SSSR count). The summed E-state index contributed by atoms with van der Waals surface area (Å²) in [5, 5.41) is 2.00. The SMILES string of the molecule is O=C(Cc1cccs1)N1CCCC(Oc2cnccn2)C1. The van der Waals surface area contributed by atoms with Crippen molar-refractivity contribution in [3.05, 3.63) is 41.0 Å². The second-order valence-electron chi connectivity index (χ2n) is 5.02. The summed E-state index contributed by atoms with van der Waals surface area (Å²) in [5.41, 5.74) is 0. The van der Waals surface area contributed by atoms with E-state index in [-0.39, 0.29) is 12.0 Å². The van der Waals surface area contributed by atoms with Gasteiger partial charge in [0.05, 0.1) is 19.2 Å². The lowest BCUT2D eigenvalue weighted by Crippen LogP contribution is -2.45. The van der Waals surface area contributed by atoms with Crippen LogP contribution >= 0.6 is 11.3 Å². The summed E-state index contributed by atoms with van der Waals surface area (Å²) in [5.74, 6) is 0.694. The van der Waals surface area contributed by atoms with Crippen molar-refractivity contribution in [2.45, 2.75) is 25.4 Å². The minimum absolute atomic E-state index is 0.00253. The number of hydrogen-bond donors (Lipinski definition) is 0. The van der Waals surface area contributed by atoms with E-state index >= 15 is 0 Å². The molecule has 0 aromatic carbocycles. The lowest BCUT2D eigenvalue weighted by molar-refractivity contribution is -0.133. The number of piperidine rings is 1. The molecule has 0 N–H and O–H groups in total. The van der Waals surface area contributed by atoms with E-state index in [2.05, 4.69) is 9.97 Å². The zero-order chi connectivity index (χ0) is 14.5. The van der Waals surface area contributed by atoms with Crippen LogP contribution in [0.4, 0.5) is 0 Å². The van der Waals surface area contributed by atoms with Crippen LogP contribution in [0.3, 0.4) is 0 Å². The first-order valence-corrected chi connectivity index (χ1v) is 7.92. The van der Waals surface area contributed by atoms with E-state index in [0.29, 0.717) is 18.8 Å². The number of thiophene rings is 1. The van der Waals surface area contributed by atoms with Crippen molar-refractivity contribution in [1.82, 2.24) is 14.9 Å². The first-order chi connectivity index (χ1) is 10.3. The van der Waals surface area contributed by atoms with E-state index in [1.165, 1.54) is 0 Å². The van der Waals surface area contributed by atoms with Crippen LogP contribution in [-0.4, -0.2) is 40.0 Å². The maximum atomic E-state index is 12.3. The maximum absolute atomic E-state index is 12.3. The van der Waals surface area contributed by atoms with Gasteiger partial charge in [-0.15, -0.1) is 11.3 Å². The van der Waals surface area contributed by atoms with Crippen LogP contribution in [0.1, 0.15) is 17.7 Å². The summed E-state index contributed by atoms with van der Waals surface area (Å²) in [6.45, 7) is 1.44. The van der Waals surface area contributed by atoms with Crippen LogP contribution in [0.5, 0.6) is 5.88 Å². The van der Waals surface area contributed by atoms with Crippen LogP contribution in [0.2, 0.25) is 0 Å². The molecule has 1 saturated heterocycles. The van der Waals surface area contributed by atoms with Gasteiger partial charge >= 0.3 is 0 Å². The van der Waals surface area contributed by atoms with E-state index in [9.17, 15) is 4.79 Å². The van der Waals surface area contributed by atoms with Crippen LogP contribution < -0.4 is 4.74 Å². The molecule has 0 spiro atoms. The lowest BCUT2D eigenvalue weighted by atomic mass is 10.1. The average molecular weight is 303 g/mol. The second kappa shape index (κ2) is 6.67.